The van der Waals surface area contributed by atoms with Gasteiger partial charge in [0.25, 0.3) is 0 Å². The second-order valence-corrected chi connectivity index (χ2v) is 12.5. The van der Waals surface area contributed by atoms with Crippen LogP contribution in [0.3, 0.4) is 0 Å². The highest BCUT2D eigenvalue weighted by Crippen LogP contribution is 2.42. The van der Waals surface area contributed by atoms with Crippen LogP contribution in [0.2, 0.25) is 0 Å². The monoisotopic (exact) mass is 461 g/mol. The lowest BCUT2D eigenvalue weighted by molar-refractivity contribution is -0.643. The maximum absolute atomic E-state index is 2.58. The average Bonchev–Trinajstić information content (AvgIpc) is 3.07. The van der Waals surface area contributed by atoms with Gasteiger partial charge in [0, 0.05) is 16.8 Å². The second-order valence-electron chi connectivity index (χ2n) is 12.5. The van der Waals surface area contributed by atoms with Gasteiger partial charge in [-0.2, -0.15) is 0 Å². The lowest BCUT2D eigenvalue weighted by Crippen LogP contribution is -2.29. The molecular formula is C33H37N2+. The fraction of sp³-hybridized carbons (Fsp3) is 0.364. The largest absolute Gasteiger partial charge is 0.307 e. The van der Waals surface area contributed by atoms with Gasteiger partial charge in [0.15, 0.2) is 6.20 Å². The molecule has 6 rings (SSSR count). The summed E-state index contributed by atoms with van der Waals surface area (Å²) in [5, 5.41) is 6.87. The summed E-state index contributed by atoms with van der Waals surface area (Å²) in [5.41, 5.74) is 11.2. The smallest absolute Gasteiger partial charge is 0.224 e. The zero-order valence-corrected chi connectivity index (χ0v) is 22.5. The van der Waals surface area contributed by atoms with Gasteiger partial charge in [-0.15, -0.1) is 0 Å². The molecule has 0 aliphatic rings. The molecule has 2 nitrogen and oxygen atoms in total. The Hall–Kier alpha value is -3.13. The Morgan fingerprint density at radius 3 is 2.34 bits per heavy atom. The van der Waals surface area contributed by atoms with Gasteiger partial charge >= 0.3 is 0 Å². The molecule has 0 fully saturated rings. The first kappa shape index (κ1) is 22.3. The molecule has 0 radical (unpaired) electrons. The highest BCUT2D eigenvalue weighted by molar-refractivity contribution is 6.26. The number of rotatable bonds is 3. The van der Waals surface area contributed by atoms with Crippen molar-refractivity contribution in [3.05, 3.63) is 70.9 Å². The Kier molecular flexibility index (Phi) is 4.75. The van der Waals surface area contributed by atoms with E-state index in [0.717, 1.165) is 12.8 Å². The van der Waals surface area contributed by atoms with E-state index in [4.69, 9.17) is 0 Å². The molecule has 0 atom stereocenters. The molecule has 0 amide bonds. The Balaban J connectivity index is 1.89. The molecule has 2 heteroatoms. The average molecular weight is 462 g/mol. The number of aryl methyl sites for hydroxylation is 3. The maximum Gasteiger partial charge on any atom is 0.224 e. The molecule has 35 heavy (non-hydrogen) atoms. The molecule has 6 aromatic rings. The molecule has 178 valence electrons. The number of pyridine rings is 2. The molecule has 0 saturated carbocycles. The van der Waals surface area contributed by atoms with Crippen LogP contribution in [0, 0.1) is 25.2 Å². The Labute approximate surface area is 208 Å². The fourth-order valence-corrected chi connectivity index (χ4v) is 6.33. The summed E-state index contributed by atoms with van der Waals surface area (Å²) in [5.74, 6) is 0.626. The summed E-state index contributed by atoms with van der Waals surface area (Å²) in [7, 11) is 2.20. The zero-order valence-electron chi connectivity index (χ0n) is 22.5. The van der Waals surface area contributed by atoms with E-state index >= 15 is 0 Å². The lowest BCUT2D eigenvalue weighted by atomic mass is 9.87. The van der Waals surface area contributed by atoms with Gasteiger partial charge in [0.1, 0.15) is 7.05 Å². The van der Waals surface area contributed by atoms with Gasteiger partial charge in [-0.3, -0.25) is 0 Å². The van der Waals surface area contributed by atoms with Crippen molar-refractivity contribution in [1.82, 2.24) is 4.40 Å². The van der Waals surface area contributed by atoms with Crippen LogP contribution in [0.5, 0.6) is 0 Å². The molecule has 0 N–H and O–H groups in total. The van der Waals surface area contributed by atoms with Gasteiger partial charge in [0.05, 0.1) is 27.3 Å². The molecule has 3 aromatic heterocycles. The molecule has 0 bridgehead atoms. The van der Waals surface area contributed by atoms with Crippen molar-refractivity contribution in [3.63, 3.8) is 0 Å². The Morgan fingerprint density at radius 2 is 1.63 bits per heavy atom. The summed E-state index contributed by atoms with van der Waals surface area (Å²) in [6.07, 6.45) is 4.42. The van der Waals surface area contributed by atoms with Crippen LogP contribution >= 0.6 is 0 Å². The third-order valence-electron chi connectivity index (χ3n) is 7.77. The summed E-state index contributed by atoms with van der Waals surface area (Å²) in [6.45, 7) is 16.2. The highest BCUT2D eigenvalue weighted by atomic mass is 15.0. The molecule has 0 aliphatic heterocycles. The maximum atomic E-state index is 2.58. The van der Waals surface area contributed by atoms with E-state index in [1.807, 2.05) is 0 Å². The van der Waals surface area contributed by atoms with Gasteiger partial charge in [-0.05, 0) is 89.9 Å². The number of hydrogen-bond donors (Lipinski definition) is 0. The van der Waals surface area contributed by atoms with E-state index in [9.17, 15) is 0 Å². The lowest BCUT2D eigenvalue weighted by Gasteiger charge is -2.18. The van der Waals surface area contributed by atoms with Crippen LogP contribution in [-0.4, -0.2) is 4.40 Å². The van der Waals surface area contributed by atoms with Crippen LogP contribution in [-0.2, 0) is 19.9 Å². The van der Waals surface area contributed by atoms with Crippen LogP contribution < -0.4 is 4.57 Å². The first-order chi connectivity index (χ1) is 16.5. The van der Waals surface area contributed by atoms with E-state index in [2.05, 4.69) is 113 Å². The SMILES string of the molecule is Cc1cc2c3cc(CC(C)(C)C)ccc3n3c4cc(CC(C)C)cc5cc[n+](C)c(c(c1C)c23)c54. The molecular weight excluding hydrogens is 424 g/mol. The molecule has 0 unspecified atom stereocenters. The van der Waals surface area contributed by atoms with Gasteiger partial charge in [-0.1, -0.05) is 46.8 Å². The van der Waals surface area contributed by atoms with E-state index in [0.29, 0.717) is 5.92 Å². The summed E-state index contributed by atoms with van der Waals surface area (Å²) in [4.78, 5) is 0. The zero-order chi connectivity index (χ0) is 24.8. The molecule has 0 aliphatic carbocycles. The third-order valence-corrected chi connectivity index (χ3v) is 7.77. The Morgan fingerprint density at radius 1 is 0.857 bits per heavy atom. The van der Waals surface area contributed by atoms with Crippen molar-refractivity contribution in [2.24, 2.45) is 18.4 Å². The van der Waals surface area contributed by atoms with Crippen LogP contribution in [0.1, 0.15) is 56.9 Å². The van der Waals surface area contributed by atoms with E-state index < -0.39 is 0 Å². The van der Waals surface area contributed by atoms with E-state index in [1.54, 1.807) is 0 Å². The summed E-state index contributed by atoms with van der Waals surface area (Å²) < 4.78 is 4.91. The minimum absolute atomic E-state index is 0.263. The van der Waals surface area contributed by atoms with Crippen molar-refractivity contribution >= 4 is 49.0 Å². The molecule has 0 saturated heterocycles. The number of fused-ring (bicyclic) bond motifs is 5. The highest BCUT2D eigenvalue weighted by Gasteiger charge is 2.25. The number of hydrogen-bond acceptors (Lipinski definition) is 0. The minimum atomic E-state index is 0.263. The van der Waals surface area contributed by atoms with Gasteiger partial charge in [0.2, 0.25) is 5.52 Å². The topological polar surface area (TPSA) is 8.29 Å². The summed E-state index contributed by atoms with van der Waals surface area (Å²) >= 11 is 0. The predicted molar refractivity (Wildman–Crippen MR) is 151 cm³/mol. The van der Waals surface area contributed by atoms with Crippen molar-refractivity contribution in [2.45, 2.75) is 61.3 Å². The standard InChI is InChI=1S/C33H37N2/c1-19(2)13-23-15-24-11-12-34(8)32-29-21(4)20(3)14-26-25-16-22(18-33(5,6)7)9-10-27(25)35(31(26)29)28(17-23)30(24)32/h9-12,14-17,19H,13,18H2,1-8H3/q+1. The first-order valence-corrected chi connectivity index (χ1v) is 13.1. The van der Waals surface area contributed by atoms with Gasteiger partial charge < -0.3 is 4.40 Å². The van der Waals surface area contributed by atoms with Crippen LogP contribution in [0.4, 0.5) is 0 Å². The fourth-order valence-electron chi connectivity index (χ4n) is 6.33. The third kappa shape index (κ3) is 3.33. The summed E-state index contributed by atoms with van der Waals surface area (Å²) in [6, 6.07) is 16.8. The molecule has 3 heterocycles. The Bertz CT molecular complexity index is 1770. The number of aromatic nitrogens is 2. The first-order valence-electron chi connectivity index (χ1n) is 13.1. The quantitative estimate of drug-likeness (QED) is 0.143. The van der Waals surface area contributed by atoms with Crippen molar-refractivity contribution in [3.8, 4) is 0 Å². The van der Waals surface area contributed by atoms with E-state index in [1.165, 1.54) is 71.3 Å². The van der Waals surface area contributed by atoms with Crippen LogP contribution in [0.15, 0.2) is 48.7 Å². The second kappa shape index (κ2) is 7.43. The molecule has 0 spiro atoms. The normalized spacial score (nSPS) is 13.1. The van der Waals surface area contributed by atoms with Crippen molar-refractivity contribution in [1.29, 1.82) is 0 Å². The molecule has 3 aromatic carbocycles. The van der Waals surface area contributed by atoms with Crippen molar-refractivity contribution in [2.75, 3.05) is 0 Å². The predicted octanol–water partition coefficient (Wildman–Crippen LogP) is 8.22. The van der Waals surface area contributed by atoms with Crippen molar-refractivity contribution < 1.29 is 4.57 Å². The van der Waals surface area contributed by atoms with Gasteiger partial charge in [-0.25, -0.2) is 4.57 Å². The van der Waals surface area contributed by atoms with Crippen LogP contribution in [0.25, 0.3) is 49.0 Å². The number of benzene rings is 3. The minimum Gasteiger partial charge on any atom is -0.307 e. The van der Waals surface area contributed by atoms with E-state index in [-0.39, 0.29) is 5.41 Å². The number of nitrogens with zero attached hydrogens (tertiary/aromatic N) is 2.